The van der Waals surface area contributed by atoms with Gasteiger partial charge in [-0.2, -0.15) is 0 Å². The van der Waals surface area contributed by atoms with Gasteiger partial charge < -0.3 is 8.98 Å². The van der Waals surface area contributed by atoms with Crippen LogP contribution in [0.2, 0.25) is 0 Å². The van der Waals surface area contributed by atoms with Gasteiger partial charge in [-0.15, -0.1) is 0 Å². The molecule has 8 aromatic rings. The molecule has 2 heteroatoms. The fourth-order valence-electron chi connectivity index (χ4n) is 5.97. The molecule has 0 radical (unpaired) electrons. The van der Waals surface area contributed by atoms with E-state index in [4.69, 9.17) is 4.42 Å². The molecule has 0 spiro atoms. The average molecular weight is 448 g/mol. The van der Waals surface area contributed by atoms with Crippen LogP contribution in [-0.2, 0) is 7.05 Å². The summed E-state index contributed by atoms with van der Waals surface area (Å²) in [5, 5.41) is 10.2. The van der Waals surface area contributed by atoms with Gasteiger partial charge in [-0.25, -0.2) is 0 Å². The van der Waals surface area contributed by atoms with Crippen molar-refractivity contribution in [3.63, 3.8) is 0 Å². The van der Waals surface area contributed by atoms with Crippen molar-refractivity contribution in [1.82, 2.24) is 4.57 Å². The number of furan rings is 1. The van der Waals surface area contributed by atoms with Gasteiger partial charge in [0.2, 0.25) is 0 Å². The normalized spacial score (nSPS) is 12.1. The lowest BCUT2D eigenvalue weighted by molar-refractivity contribution is 0.669. The maximum atomic E-state index is 6.16. The van der Waals surface area contributed by atoms with E-state index < -0.39 is 0 Å². The molecule has 0 unspecified atom stereocenters. The number of rotatable bonds is 1. The Morgan fingerprint density at radius 3 is 1.86 bits per heavy atom. The van der Waals surface area contributed by atoms with Gasteiger partial charge in [0.1, 0.15) is 11.2 Å². The van der Waals surface area contributed by atoms with Crippen molar-refractivity contribution in [3.8, 4) is 11.1 Å². The largest absolute Gasteiger partial charge is 0.456 e. The molecule has 2 heterocycles. The van der Waals surface area contributed by atoms with Crippen molar-refractivity contribution in [1.29, 1.82) is 0 Å². The number of benzene rings is 6. The van der Waals surface area contributed by atoms with Crippen LogP contribution in [-0.4, -0.2) is 4.57 Å². The highest BCUT2D eigenvalue weighted by atomic mass is 16.3. The summed E-state index contributed by atoms with van der Waals surface area (Å²) in [4.78, 5) is 0. The highest BCUT2D eigenvalue weighted by Crippen LogP contribution is 2.41. The van der Waals surface area contributed by atoms with Crippen molar-refractivity contribution in [3.05, 3.63) is 109 Å². The molecule has 0 aliphatic heterocycles. The maximum absolute atomic E-state index is 6.16. The van der Waals surface area contributed by atoms with Gasteiger partial charge in [0.05, 0.1) is 5.52 Å². The van der Waals surface area contributed by atoms with Gasteiger partial charge in [0.25, 0.3) is 0 Å². The number of aryl methyl sites for hydroxylation is 1. The maximum Gasteiger partial charge on any atom is 0.136 e. The molecule has 0 saturated carbocycles. The summed E-state index contributed by atoms with van der Waals surface area (Å²) in [6.45, 7) is 0. The molecule has 8 rings (SSSR count). The molecule has 0 aliphatic rings. The topological polar surface area (TPSA) is 18.1 Å². The fourth-order valence-corrected chi connectivity index (χ4v) is 5.97. The van der Waals surface area contributed by atoms with E-state index in [9.17, 15) is 0 Å². The average Bonchev–Trinajstić information content (AvgIpc) is 3.43. The number of fused-ring (bicyclic) bond motifs is 11. The van der Waals surface area contributed by atoms with Gasteiger partial charge in [-0.3, -0.25) is 0 Å². The van der Waals surface area contributed by atoms with Crippen LogP contribution in [0.1, 0.15) is 0 Å². The van der Waals surface area contributed by atoms with Crippen LogP contribution >= 0.6 is 0 Å². The third-order valence-electron chi connectivity index (χ3n) is 7.58. The molecule has 0 N–H and O–H groups in total. The van der Waals surface area contributed by atoms with E-state index in [1.165, 1.54) is 54.5 Å². The summed E-state index contributed by atoms with van der Waals surface area (Å²) in [5.41, 5.74) is 6.75. The molecule has 164 valence electrons. The Kier molecular flexibility index (Phi) is 3.62. The Morgan fingerprint density at radius 1 is 0.486 bits per heavy atom. The van der Waals surface area contributed by atoms with Crippen LogP contribution in [0.15, 0.2) is 114 Å². The zero-order valence-corrected chi connectivity index (χ0v) is 19.2. The van der Waals surface area contributed by atoms with Crippen LogP contribution in [0.25, 0.3) is 76.4 Å². The third kappa shape index (κ3) is 2.49. The molecule has 0 fully saturated rings. The molecule has 0 atom stereocenters. The molecular formula is C33H21NO. The van der Waals surface area contributed by atoms with Gasteiger partial charge in [0, 0.05) is 39.5 Å². The zero-order chi connectivity index (χ0) is 23.1. The first-order chi connectivity index (χ1) is 17.3. The van der Waals surface area contributed by atoms with Crippen LogP contribution in [0.5, 0.6) is 0 Å². The minimum absolute atomic E-state index is 0.929. The van der Waals surface area contributed by atoms with Gasteiger partial charge in [-0.1, -0.05) is 84.9 Å². The van der Waals surface area contributed by atoms with Crippen molar-refractivity contribution in [2.75, 3.05) is 0 Å². The number of hydrogen-bond acceptors (Lipinski definition) is 1. The van der Waals surface area contributed by atoms with Crippen LogP contribution in [0.3, 0.4) is 0 Å². The number of nitrogens with zero attached hydrogens (tertiary/aromatic N) is 1. The van der Waals surface area contributed by atoms with Crippen LogP contribution in [0.4, 0.5) is 0 Å². The predicted molar refractivity (Wildman–Crippen MR) is 148 cm³/mol. The Hall–Kier alpha value is -4.56. The molecule has 2 nitrogen and oxygen atoms in total. The van der Waals surface area contributed by atoms with Crippen molar-refractivity contribution in [2.45, 2.75) is 0 Å². The summed E-state index contributed by atoms with van der Waals surface area (Å²) in [6.07, 6.45) is 0. The minimum atomic E-state index is 0.929. The van der Waals surface area contributed by atoms with Crippen molar-refractivity contribution in [2.24, 2.45) is 7.05 Å². The van der Waals surface area contributed by atoms with E-state index in [1.807, 2.05) is 12.1 Å². The quantitative estimate of drug-likeness (QED) is 0.229. The van der Waals surface area contributed by atoms with Gasteiger partial charge >= 0.3 is 0 Å². The van der Waals surface area contributed by atoms with Gasteiger partial charge in [-0.05, 0) is 51.6 Å². The first kappa shape index (κ1) is 18.8. The Labute approximate surface area is 201 Å². The molecular weight excluding hydrogens is 426 g/mol. The second-order valence-electron chi connectivity index (χ2n) is 9.41. The summed E-state index contributed by atoms with van der Waals surface area (Å²) in [6, 6.07) is 39.2. The molecule has 6 aromatic carbocycles. The Balaban J connectivity index is 1.44. The summed E-state index contributed by atoms with van der Waals surface area (Å²) in [7, 11) is 2.19. The lowest BCUT2D eigenvalue weighted by Crippen LogP contribution is -1.89. The first-order valence-electron chi connectivity index (χ1n) is 12.0. The lowest BCUT2D eigenvalue weighted by Gasteiger charge is -2.08. The highest BCUT2D eigenvalue weighted by molar-refractivity contribution is 6.31. The van der Waals surface area contributed by atoms with E-state index in [-0.39, 0.29) is 0 Å². The molecule has 35 heavy (non-hydrogen) atoms. The standard InChI is InChI=1S/C33H21NO/c1-34-29-18-20(21-14-16-25-24-10-6-7-13-30(24)35-31(25)19-21)15-17-28(29)32-26-11-4-2-8-22(26)23-9-3-5-12-27(23)33(32)34/h2-19H,1H3. The monoisotopic (exact) mass is 447 g/mol. The summed E-state index contributed by atoms with van der Waals surface area (Å²) >= 11 is 0. The fraction of sp³-hybridized carbons (Fsp3) is 0.0303. The molecule has 0 aliphatic carbocycles. The van der Waals surface area contributed by atoms with Crippen molar-refractivity contribution >= 4 is 65.3 Å². The zero-order valence-electron chi connectivity index (χ0n) is 19.2. The minimum Gasteiger partial charge on any atom is -0.456 e. The van der Waals surface area contributed by atoms with E-state index in [0.29, 0.717) is 0 Å². The van der Waals surface area contributed by atoms with Crippen molar-refractivity contribution < 1.29 is 4.42 Å². The van der Waals surface area contributed by atoms with E-state index in [0.717, 1.165) is 21.9 Å². The van der Waals surface area contributed by atoms with E-state index >= 15 is 0 Å². The molecule has 0 amide bonds. The predicted octanol–water partition coefficient (Wildman–Crippen LogP) is 9.20. The lowest BCUT2D eigenvalue weighted by atomic mass is 9.96. The summed E-state index contributed by atoms with van der Waals surface area (Å²) in [5.74, 6) is 0. The number of hydrogen-bond donors (Lipinski definition) is 0. The Bertz CT molecular complexity index is 2120. The SMILES string of the molecule is Cn1c2cc(-c3ccc4c(c3)oc3ccccc34)ccc2c2c3ccccc3c3ccccc3c21. The molecule has 0 bridgehead atoms. The van der Waals surface area contributed by atoms with Crippen LogP contribution < -0.4 is 0 Å². The molecule has 2 aromatic heterocycles. The number of aromatic nitrogens is 1. The second-order valence-corrected chi connectivity index (χ2v) is 9.41. The second kappa shape index (κ2) is 6.74. The molecule has 0 saturated heterocycles. The van der Waals surface area contributed by atoms with Gasteiger partial charge in [0.15, 0.2) is 0 Å². The highest BCUT2D eigenvalue weighted by Gasteiger charge is 2.17. The Morgan fingerprint density at radius 2 is 1.06 bits per heavy atom. The first-order valence-corrected chi connectivity index (χ1v) is 12.0. The third-order valence-corrected chi connectivity index (χ3v) is 7.58. The smallest absolute Gasteiger partial charge is 0.136 e. The van der Waals surface area contributed by atoms with E-state index in [2.05, 4.69) is 109 Å². The number of para-hydroxylation sites is 1. The van der Waals surface area contributed by atoms with E-state index in [1.54, 1.807) is 0 Å². The van der Waals surface area contributed by atoms with Crippen LogP contribution in [0, 0.1) is 0 Å². The summed E-state index contributed by atoms with van der Waals surface area (Å²) < 4.78 is 8.53.